The first-order valence-corrected chi connectivity index (χ1v) is 9.24. The molecule has 120 valence electrons. The Morgan fingerprint density at radius 2 is 2.09 bits per heavy atom. The van der Waals surface area contributed by atoms with Gasteiger partial charge >= 0.3 is 0 Å². The van der Waals surface area contributed by atoms with E-state index in [1.54, 1.807) is 25.1 Å². The third-order valence-electron chi connectivity index (χ3n) is 3.06. The van der Waals surface area contributed by atoms with Gasteiger partial charge in [0.25, 0.3) is 10.0 Å². The molecule has 0 saturated carbocycles. The number of hydrogen-bond acceptors (Lipinski definition) is 6. The first-order chi connectivity index (χ1) is 10.9. The minimum atomic E-state index is -3.85. The fourth-order valence-corrected chi connectivity index (χ4v) is 5.24. The third-order valence-corrected chi connectivity index (χ3v) is 6.18. The second-order valence-electron chi connectivity index (χ2n) is 4.50. The lowest BCUT2D eigenvalue weighted by atomic mass is 10.1. The molecular formula is C12H9Cl2N5O2S2. The van der Waals surface area contributed by atoms with Gasteiger partial charge in [-0.25, -0.2) is 13.1 Å². The summed E-state index contributed by atoms with van der Waals surface area (Å²) >= 11 is 12.7. The average molecular weight is 390 g/mol. The van der Waals surface area contributed by atoms with Crippen LogP contribution in [0.3, 0.4) is 0 Å². The Bertz CT molecular complexity index is 954. The van der Waals surface area contributed by atoms with Crippen molar-refractivity contribution in [3.63, 3.8) is 0 Å². The van der Waals surface area contributed by atoms with Crippen LogP contribution < -0.4 is 4.72 Å². The standard InChI is InChI=1S/C12H9Cl2N5O2S2/c1-7-8(3-2-4-9(7)19-6-15-17-18-19)16-23(20,21)10-5-11(13)22-12(10)14/h2-6,16H,1H3. The maximum absolute atomic E-state index is 12.5. The number of thiophene rings is 1. The van der Waals surface area contributed by atoms with Gasteiger partial charge in [-0.3, -0.25) is 4.72 Å². The van der Waals surface area contributed by atoms with E-state index in [1.165, 1.54) is 17.1 Å². The van der Waals surface area contributed by atoms with Crippen LogP contribution in [0.15, 0.2) is 35.5 Å². The minimum Gasteiger partial charge on any atom is -0.279 e. The SMILES string of the molecule is Cc1c(NS(=O)(=O)c2cc(Cl)sc2Cl)cccc1-n1cnnn1. The van der Waals surface area contributed by atoms with E-state index in [9.17, 15) is 8.42 Å². The molecule has 0 aliphatic heterocycles. The Balaban J connectivity index is 2.01. The molecule has 0 bridgehead atoms. The molecule has 3 aromatic rings. The summed E-state index contributed by atoms with van der Waals surface area (Å²) < 4.78 is 29.4. The van der Waals surface area contributed by atoms with E-state index in [4.69, 9.17) is 23.2 Å². The number of benzene rings is 1. The largest absolute Gasteiger partial charge is 0.279 e. The fraction of sp³-hybridized carbons (Fsp3) is 0.0833. The number of halogens is 2. The van der Waals surface area contributed by atoms with E-state index in [0.29, 0.717) is 21.3 Å². The van der Waals surface area contributed by atoms with Crippen molar-refractivity contribution in [3.05, 3.63) is 44.8 Å². The molecule has 0 unspecified atom stereocenters. The topological polar surface area (TPSA) is 89.8 Å². The molecular weight excluding hydrogens is 381 g/mol. The van der Waals surface area contributed by atoms with Gasteiger partial charge in [-0.15, -0.1) is 16.4 Å². The van der Waals surface area contributed by atoms with Gasteiger partial charge in [0.1, 0.15) is 15.6 Å². The molecule has 1 N–H and O–H groups in total. The van der Waals surface area contributed by atoms with E-state index < -0.39 is 10.0 Å². The summed E-state index contributed by atoms with van der Waals surface area (Å²) in [6, 6.07) is 6.43. The second-order valence-corrected chi connectivity index (χ2v) is 8.43. The van der Waals surface area contributed by atoms with Crippen LogP contribution in [0.25, 0.3) is 5.69 Å². The number of rotatable bonds is 4. The Labute approximate surface area is 145 Å². The summed E-state index contributed by atoms with van der Waals surface area (Å²) in [6.45, 7) is 1.76. The van der Waals surface area contributed by atoms with Gasteiger partial charge in [-0.1, -0.05) is 29.3 Å². The lowest BCUT2D eigenvalue weighted by Gasteiger charge is -2.12. The highest BCUT2D eigenvalue weighted by molar-refractivity contribution is 7.93. The van der Waals surface area contributed by atoms with Crippen LogP contribution in [0.1, 0.15) is 5.56 Å². The fourth-order valence-electron chi connectivity index (χ4n) is 1.96. The van der Waals surface area contributed by atoms with E-state index in [-0.39, 0.29) is 9.23 Å². The number of sulfonamides is 1. The molecule has 0 aliphatic carbocycles. The van der Waals surface area contributed by atoms with Crippen molar-refractivity contribution in [1.82, 2.24) is 20.2 Å². The molecule has 0 atom stereocenters. The number of nitrogens with one attached hydrogen (secondary N) is 1. The Morgan fingerprint density at radius 1 is 1.30 bits per heavy atom. The normalized spacial score (nSPS) is 11.6. The first-order valence-electron chi connectivity index (χ1n) is 6.19. The monoisotopic (exact) mass is 389 g/mol. The molecule has 0 radical (unpaired) electrons. The predicted molar refractivity (Wildman–Crippen MR) is 89.0 cm³/mol. The predicted octanol–water partition coefficient (Wildman–Crippen LogP) is 3.14. The van der Waals surface area contributed by atoms with E-state index in [2.05, 4.69) is 20.2 Å². The molecule has 3 rings (SSSR count). The molecule has 0 fully saturated rings. The molecule has 0 amide bonds. The summed E-state index contributed by atoms with van der Waals surface area (Å²) in [7, 11) is -3.85. The lowest BCUT2D eigenvalue weighted by Crippen LogP contribution is -2.14. The third kappa shape index (κ3) is 3.18. The number of hydrogen-bond donors (Lipinski definition) is 1. The van der Waals surface area contributed by atoms with Crippen molar-refractivity contribution < 1.29 is 8.42 Å². The molecule has 2 aromatic heterocycles. The van der Waals surface area contributed by atoms with Crippen molar-refractivity contribution in [2.75, 3.05) is 4.72 Å². The molecule has 7 nitrogen and oxygen atoms in total. The van der Waals surface area contributed by atoms with Crippen LogP contribution in [-0.4, -0.2) is 28.6 Å². The maximum Gasteiger partial charge on any atom is 0.264 e. The Hall–Kier alpha value is -1.68. The highest BCUT2D eigenvalue weighted by atomic mass is 35.5. The van der Waals surface area contributed by atoms with Gasteiger partial charge in [0.05, 0.1) is 15.7 Å². The van der Waals surface area contributed by atoms with Gasteiger partial charge in [0.15, 0.2) is 0 Å². The number of anilines is 1. The summed E-state index contributed by atoms with van der Waals surface area (Å²) in [5.41, 5.74) is 1.72. The zero-order valence-electron chi connectivity index (χ0n) is 11.6. The van der Waals surface area contributed by atoms with Crippen molar-refractivity contribution >= 4 is 50.2 Å². The smallest absolute Gasteiger partial charge is 0.264 e. The minimum absolute atomic E-state index is 0.0543. The van der Waals surface area contributed by atoms with Crippen molar-refractivity contribution in [2.45, 2.75) is 11.8 Å². The van der Waals surface area contributed by atoms with Crippen molar-refractivity contribution in [1.29, 1.82) is 0 Å². The number of nitrogens with zero attached hydrogens (tertiary/aromatic N) is 4. The summed E-state index contributed by atoms with van der Waals surface area (Å²) in [5.74, 6) is 0. The number of tetrazole rings is 1. The summed E-state index contributed by atoms with van der Waals surface area (Å²) in [5, 5.41) is 10.9. The number of aromatic nitrogens is 4. The summed E-state index contributed by atoms with van der Waals surface area (Å²) in [6.07, 6.45) is 1.43. The lowest BCUT2D eigenvalue weighted by molar-refractivity contribution is 0.601. The van der Waals surface area contributed by atoms with E-state index >= 15 is 0 Å². The van der Waals surface area contributed by atoms with Crippen molar-refractivity contribution in [2.24, 2.45) is 0 Å². The van der Waals surface area contributed by atoms with Crippen molar-refractivity contribution in [3.8, 4) is 5.69 Å². The molecule has 2 heterocycles. The van der Waals surface area contributed by atoms with E-state index in [1.807, 2.05) is 0 Å². The Morgan fingerprint density at radius 3 is 2.70 bits per heavy atom. The van der Waals surface area contributed by atoms with Gasteiger partial charge in [-0.05, 0) is 41.1 Å². The quantitative estimate of drug-likeness (QED) is 0.739. The first kappa shape index (κ1) is 16.2. The molecule has 0 spiro atoms. The highest BCUT2D eigenvalue weighted by Crippen LogP contribution is 2.35. The van der Waals surface area contributed by atoms with E-state index in [0.717, 1.165) is 11.3 Å². The van der Waals surface area contributed by atoms with Gasteiger partial charge in [0.2, 0.25) is 0 Å². The van der Waals surface area contributed by atoms with Crippen LogP contribution in [0.4, 0.5) is 5.69 Å². The van der Waals surface area contributed by atoms with Crippen LogP contribution in [0.5, 0.6) is 0 Å². The maximum atomic E-state index is 12.5. The molecule has 23 heavy (non-hydrogen) atoms. The van der Waals surface area contributed by atoms with Crippen LogP contribution in [0.2, 0.25) is 8.67 Å². The average Bonchev–Trinajstić information content (AvgIpc) is 3.11. The highest BCUT2D eigenvalue weighted by Gasteiger charge is 2.22. The molecule has 1 aromatic carbocycles. The van der Waals surface area contributed by atoms with Gasteiger partial charge in [0, 0.05) is 0 Å². The zero-order valence-corrected chi connectivity index (χ0v) is 14.7. The second kappa shape index (κ2) is 6.08. The van der Waals surface area contributed by atoms with Crippen LogP contribution in [-0.2, 0) is 10.0 Å². The van der Waals surface area contributed by atoms with Crippen LogP contribution in [0, 0.1) is 6.92 Å². The molecule has 11 heteroatoms. The Kier molecular flexibility index (Phi) is 4.28. The zero-order chi connectivity index (χ0) is 16.6. The van der Waals surface area contributed by atoms with Gasteiger partial charge < -0.3 is 0 Å². The summed E-state index contributed by atoms with van der Waals surface area (Å²) in [4.78, 5) is -0.0543. The molecule has 0 aliphatic rings. The van der Waals surface area contributed by atoms with Gasteiger partial charge in [-0.2, -0.15) is 0 Å². The van der Waals surface area contributed by atoms with Crippen LogP contribution >= 0.6 is 34.5 Å². The molecule has 0 saturated heterocycles.